The quantitative estimate of drug-likeness (QED) is 0.469. The Bertz CT molecular complexity index is 1050. The molecule has 37 heavy (non-hydrogen) atoms. The molecule has 0 bridgehead atoms. The van der Waals surface area contributed by atoms with Crippen molar-refractivity contribution in [1.82, 2.24) is 14.7 Å². The summed E-state index contributed by atoms with van der Waals surface area (Å²) in [6.07, 6.45) is 6.28. The number of carbonyl (C=O) groups excluding carboxylic acids is 3. The van der Waals surface area contributed by atoms with Gasteiger partial charge in [0.05, 0.1) is 22.7 Å². The molecule has 2 heterocycles. The van der Waals surface area contributed by atoms with Crippen LogP contribution in [0.15, 0.2) is 18.2 Å². The van der Waals surface area contributed by atoms with E-state index < -0.39 is 0 Å². The molecule has 4 fully saturated rings. The van der Waals surface area contributed by atoms with Crippen LogP contribution in [0, 0.1) is 17.3 Å². The maximum atomic E-state index is 13.6. The summed E-state index contributed by atoms with van der Waals surface area (Å²) in [7, 11) is 1.76. The van der Waals surface area contributed by atoms with Gasteiger partial charge in [0.2, 0.25) is 11.8 Å². The largest absolute Gasteiger partial charge is 0.449 e. The Morgan fingerprint density at radius 2 is 1.73 bits per heavy atom. The number of rotatable bonds is 7. The van der Waals surface area contributed by atoms with Crippen molar-refractivity contribution in [3.8, 4) is 0 Å². The first kappa shape index (κ1) is 26.6. The van der Waals surface area contributed by atoms with E-state index in [0.29, 0.717) is 61.6 Å². The maximum absolute atomic E-state index is 13.6. The third kappa shape index (κ3) is 5.88. The van der Waals surface area contributed by atoms with Gasteiger partial charge < -0.3 is 19.4 Å². The van der Waals surface area contributed by atoms with Crippen molar-refractivity contribution in [2.75, 3.05) is 39.8 Å². The van der Waals surface area contributed by atoms with Crippen molar-refractivity contribution in [1.29, 1.82) is 0 Å². The van der Waals surface area contributed by atoms with Gasteiger partial charge in [-0.25, -0.2) is 4.79 Å². The predicted octanol–water partition coefficient (Wildman–Crippen LogP) is 5.20. The second-order valence-electron chi connectivity index (χ2n) is 11.7. The number of likely N-dealkylation sites (N-methyl/N-ethyl adjacent to an activating group) is 1. The summed E-state index contributed by atoms with van der Waals surface area (Å²) in [6, 6.07) is 5.30. The Morgan fingerprint density at radius 3 is 2.35 bits per heavy atom. The number of nitrogens with zero attached hydrogens (tertiary/aromatic N) is 3. The lowest BCUT2D eigenvalue weighted by atomic mass is 9.93. The fraction of sp³-hybridized carbons (Fsp3) is 0.679. The van der Waals surface area contributed by atoms with E-state index in [1.807, 2.05) is 28.9 Å². The third-order valence-electron chi connectivity index (χ3n) is 8.85. The highest BCUT2D eigenvalue weighted by molar-refractivity contribution is 6.42. The van der Waals surface area contributed by atoms with Gasteiger partial charge in [0, 0.05) is 50.5 Å². The number of ether oxygens (including phenoxy) is 1. The Morgan fingerprint density at radius 1 is 1.03 bits per heavy atom. The molecule has 4 aliphatic rings. The van der Waals surface area contributed by atoms with Crippen molar-refractivity contribution in [2.24, 2.45) is 17.3 Å². The summed E-state index contributed by atoms with van der Waals surface area (Å²) in [6.45, 7) is 4.66. The zero-order valence-electron chi connectivity index (χ0n) is 21.8. The molecule has 3 amide bonds. The molecule has 0 radical (unpaired) electrons. The Balaban J connectivity index is 1.25. The third-order valence-corrected chi connectivity index (χ3v) is 9.59. The van der Waals surface area contributed by atoms with Gasteiger partial charge in [-0.2, -0.15) is 0 Å². The van der Waals surface area contributed by atoms with Crippen molar-refractivity contribution < 1.29 is 19.1 Å². The fourth-order valence-electron chi connectivity index (χ4n) is 5.76. The second kappa shape index (κ2) is 10.6. The van der Waals surface area contributed by atoms with Crippen LogP contribution < -0.4 is 0 Å². The summed E-state index contributed by atoms with van der Waals surface area (Å²) in [5.74, 6) is 0.820. The molecule has 0 N–H and O–H groups in total. The van der Waals surface area contributed by atoms with Crippen molar-refractivity contribution in [3.63, 3.8) is 0 Å². The molecule has 2 atom stereocenters. The topological polar surface area (TPSA) is 70.2 Å². The molecule has 0 aromatic heterocycles. The van der Waals surface area contributed by atoms with E-state index in [4.69, 9.17) is 27.9 Å². The first-order valence-electron chi connectivity index (χ1n) is 13.6. The monoisotopic (exact) mass is 549 g/mol. The van der Waals surface area contributed by atoms with Crippen molar-refractivity contribution in [3.05, 3.63) is 33.8 Å². The highest BCUT2D eigenvalue weighted by atomic mass is 35.5. The molecule has 0 spiro atoms. The van der Waals surface area contributed by atoms with Gasteiger partial charge in [-0.15, -0.1) is 0 Å². The molecule has 2 saturated heterocycles. The molecule has 0 unspecified atom stereocenters. The van der Waals surface area contributed by atoms with E-state index in [-0.39, 0.29) is 41.2 Å². The van der Waals surface area contributed by atoms with Gasteiger partial charge >= 0.3 is 6.09 Å². The van der Waals surface area contributed by atoms with Crippen LogP contribution in [0.2, 0.25) is 10.0 Å². The first-order valence-corrected chi connectivity index (χ1v) is 14.3. The molecule has 2 saturated carbocycles. The van der Waals surface area contributed by atoms with E-state index in [1.54, 1.807) is 18.0 Å². The number of halogens is 2. The molecular weight excluding hydrogens is 513 g/mol. The number of carbonyl (C=O) groups is 3. The number of piperidine rings is 1. The Hall–Kier alpha value is -1.99. The van der Waals surface area contributed by atoms with Gasteiger partial charge in [0.25, 0.3) is 0 Å². The Kier molecular flexibility index (Phi) is 7.65. The zero-order chi connectivity index (χ0) is 26.3. The van der Waals surface area contributed by atoms with Crippen LogP contribution in [0.3, 0.4) is 0 Å². The fourth-order valence-corrected chi connectivity index (χ4v) is 6.06. The maximum Gasteiger partial charge on any atom is 0.409 e. The minimum atomic E-state index is -0.356. The minimum Gasteiger partial charge on any atom is -0.449 e. The molecule has 2 aliphatic heterocycles. The standard InChI is InChI=1S/C28H37Cl2N3O4/c1-28(10-11-28)26(35)32-12-7-19(8-13-32)25(34)33-16-21(20-5-6-22(29)23(30)15-20)24(17-33)31(2)27(36)37-14-9-18-3-4-18/h5-6,15,18-19,21,24H,3-4,7-14,16-17H2,1-2H3/t21-,24+/m0/s1. The number of likely N-dealkylation sites (tertiary alicyclic amines) is 2. The van der Waals surface area contributed by atoms with Gasteiger partial charge in [-0.3, -0.25) is 9.59 Å². The van der Waals surface area contributed by atoms with E-state index in [0.717, 1.165) is 24.8 Å². The summed E-state index contributed by atoms with van der Waals surface area (Å²) in [5.41, 5.74) is 0.773. The average molecular weight is 551 g/mol. The van der Waals surface area contributed by atoms with Crippen molar-refractivity contribution in [2.45, 2.75) is 63.8 Å². The van der Waals surface area contributed by atoms with E-state index in [2.05, 4.69) is 0 Å². The average Bonchev–Trinajstić information content (AvgIpc) is 3.83. The molecular formula is C28H37Cl2N3O4. The summed E-state index contributed by atoms with van der Waals surface area (Å²) in [4.78, 5) is 44.7. The van der Waals surface area contributed by atoms with Gasteiger partial charge in [0.15, 0.2) is 0 Å². The SMILES string of the molecule is CN(C(=O)OCCC1CC1)[C@@H]1CN(C(=O)C2CCN(C(=O)C3(C)CC3)CC2)C[C@H]1c1ccc(Cl)c(Cl)c1. The first-order chi connectivity index (χ1) is 17.7. The number of amides is 3. The van der Waals surface area contributed by atoms with Crippen LogP contribution in [0.4, 0.5) is 4.79 Å². The number of hydrogen-bond donors (Lipinski definition) is 0. The minimum absolute atomic E-state index is 0.101. The molecule has 5 rings (SSSR count). The Labute approximate surface area is 229 Å². The summed E-state index contributed by atoms with van der Waals surface area (Å²) >= 11 is 12.5. The molecule has 9 heteroatoms. The lowest BCUT2D eigenvalue weighted by Gasteiger charge is -2.34. The van der Waals surface area contributed by atoms with E-state index >= 15 is 0 Å². The smallest absolute Gasteiger partial charge is 0.409 e. The van der Waals surface area contributed by atoms with Crippen LogP contribution >= 0.6 is 23.2 Å². The molecule has 7 nitrogen and oxygen atoms in total. The van der Waals surface area contributed by atoms with Gasteiger partial charge in [0.1, 0.15) is 0 Å². The molecule has 1 aromatic rings. The molecule has 2 aliphatic carbocycles. The summed E-state index contributed by atoms with van der Waals surface area (Å²) < 4.78 is 5.57. The summed E-state index contributed by atoms with van der Waals surface area (Å²) in [5, 5.41) is 0.931. The van der Waals surface area contributed by atoms with Crippen LogP contribution in [-0.4, -0.2) is 78.5 Å². The normalized spacial score (nSPS) is 25.2. The zero-order valence-corrected chi connectivity index (χ0v) is 23.3. The van der Waals surface area contributed by atoms with Gasteiger partial charge in [-0.1, -0.05) is 49.0 Å². The van der Waals surface area contributed by atoms with E-state index in [9.17, 15) is 14.4 Å². The molecule has 202 valence electrons. The number of benzene rings is 1. The van der Waals surface area contributed by atoms with Crippen molar-refractivity contribution >= 4 is 41.1 Å². The van der Waals surface area contributed by atoms with Crippen LogP contribution in [0.5, 0.6) is 0 Å². The second-order valence-corrected chi connectivity index (χ2v) is 12.5. The highest BCUT2D eigenvalue weighted by Gasteiger charge is 2.48. The molecule has 1 aromatic carbocycles. The van der Waals surface area contributed by atoms with Crippen LogP contribution in [0.25, 0.3) is 0 Å². The lowest BCUT2D eigenvalue weighted by molar-refractivity contribution is -0.142. The van der Waals surface area contributed by atoms with Gasteiger partial charge in [-0.05, 0) is 55.7 Å². The van der Waals surface area contributed by atoms with Crippen LogP contribution in [0.1, 0.15) is 63.4 Å². The number of hydrogen-bond acceptors (Lipinski definition) is 4. The lowest BCUT2D eigenvalue weighted by Crippen LogP contribution is -2.46. The van der Waals surface area contributed by atoms with E-state index in [1.165, 1.54) is 12.8 Å². The highest BCUT2D eigenvalue weighted by Crippen LogP contribution is 2.47. The van der Waals surface area contributed by atoms with Crippen LogP contribution in [-0.2, 0) is 14.3 Å². The predicted molar refractivity (Wildman–Crippen MR) is 143 cm³/mol.